The molecule has 0 spiro atoms. The van der Waals surface area contributed by atoms with Gasteiger partial charge in [-0.25, -0.2) is 0 Å². The third-order valence-electron chi connectivity index (χ3n) is 3.28. The Balaban J connectivity index is 2.40. The molecule has 1 atom stereocenters. The summed E-state index contributed by atoms with van der Waals surface area (Å²) < 4.78 is 0. The topological polar surface area (TPSA) is 66.6 Å². The van der Waals surface area contributed by atoms with E-state index in [9.17, 15) is 4.79 Å². The van der Waals surface area contributed by atoms with Crippen molar-refractivity contribution in [3.63, 3.8) is 0 Å². The molecular weight excluding hydrogens is 192 g/mol. The second-order valence-electron chi connectivity index (χ2n) is 4.52. The Morgan fingerprint density at radius 2 is 2.13 bits per heavy atom. The summed E-state index contributed by atoms with van der Waals surface area (Å²) in [5, 5.41) is 9.05. The number of hydrogen-bond acceptors (Lipinski definition) is 3. The number of hydrogen-bond donors (Lipinski definition) is 2. The number of carboxylic acids is 1. The molecule has 4 nitrogen and oxygen atoms in total. The second-order valence-corrected chi connectivity index (χ2v) is 4.52. The van der Waals surface area contributed by atoms with Crippen molar-refractivity contribution in [3.8, 4) is 0 Å². The highest BCUT2D eigenvalue weighted by molar-refractivity contribution is 5.73. The van der Waals surface area contributed by atoms with Gasteiger partial charge in [0.05, 0.1) is 0 Å². The predicted molar refractivity (Wildman–Crippen MR) is 59.7 cm³/mol. The van der Waals surface area contributed by atoms with Crippen LogP contribution >= 0.6 is 0 Å². The quantitative estimate of drug-likeness (QED) is 0.689. The SMILES string of the molecule is CN(CC1CCCC1)C(CCN)C(=O)O. The Morgan fingerprint density at radius 1 is 1.53 bits per heavy atom. The number of nitrogens with two attached hydrogens (primary N) is 1. The van der Waals surface area contributed by atoms with Crippen LogP contribution in [0.25, 0.3) is 0 Å². The molecule has 1 fully saturated rings. The van der Waals surface area contributed by atoms with E-state index in [1.54, 1.807) is 0 Å². The van der Waals surface area contributed by atoms with Crippen LogP contribution in [0.5, 0.6) is 0 Å². The van der Waals surface area contributed by atoms with Gasteiger partial charge < -0.3 is 10.8 Å². The van der Waals surface area contributed by atoms with Crippen LogP contribution < -0.4 is 5.73 Å². The number of rotatable bonds is 6. The summed E-state index contributed by atoms with van der Waals surface area (Å²) in [6.45, 7) is 1.34. The minimum absolute atomic E-state index is 0.407. The molecule has 0 radical (unpaired) electrons. The van der Waals surface area contributed by atoms with Gasteiger partial charge in [-0.15, -0.1) is 0 Å². The van der Waals surface area contributed by atoms with Crippen molar-refractivity contribution in [1.82, 2.24) is 4.90 Å². The zero-order valence-electron chi connectivity index (χ0n) is 9.48. The van der Waals surface area contributed by atoms with Crippen molar-refractivity contribution in [3.05, 3.63) is 0 Å². The molecule has 88 valence electrons. The van der Waals surface area contributed by atoms with Crippen molar-refractivity contribution in [2.24, 2.45) is 11.7 Å². The lowest BCUT2D eigenvalue weighted by Crippen LogP contribution is -2.42. The lowest BCUT2D eigenvalue weighted by Gasteiger charge is -2.26. The third-order valence-corrected chi connectivity index (χ3v) is 3.28. The lowest BCUT2D eigenvalue weighted by atomic mass is 10.1. The normalized spacial score (nSPS) is 19.7. The van der Waals surface area contributed by atoms with E-state index < -0.39 is 12.0 Å². The monoisotopic (exact) mass is 214 g/mol. The average molecular weight is 214 g/mol. The number of carbonyl (C=O) groups is 1. The number of likely N-dealkylation sites (N-methyl/N-ethyl adjacent to an activating group) is 1. The second kappa shape index (κ2) is 6.08. The van der Waals surface area contributed by atoms with E-state index in [0.29, 0.717) is 18.9 Å². The smallest absolute Gasteiger partial charge is 0.320 e. The molecule has 1 aliphatic rings. The van der Waals surface area contributed by atoms with E-state index in [1.165, 1.54) is 25.7 Å². The maximum Gasteiger partial charge on any atom is 0.320 e. The van der Waals surface area contributed by atoms with Crippen LogP contribution in [0.4, 0.5) is 0 Å². The van der Waals surface area contributed by atoms with Crippen LogP contribution in [0.2, 0.25) is 0 Å². The molecule has 0 aromatic carbocycles. The minimum atomic E-state index is -0.749. The van der Waals surface area contributed by atoms with E-state index in [0.717, 1.165) is 6.54 Å². The first-order chi connectivity index (χ1) is 7.15. The van der Waals surface area contributed by atoms with Gasteiger partial charge in [0.1, 0.15) is 6.04 Å². The molecule has 3 N–H and O–H groups in total. The van der Waals surface area contributed by atoms with Crippen LogP contribution in [-0.4, -0.2) is 42.2 Å². The highest BCUT2D eigenvalue weighted by Gasteiger charge is 2.25. The molecule has 0 aliphatic heterocycles. The summed E-state index contributed by atoms with van der Waals surface area (Å²) in [5.74, 6) is -0.0597. The largest absolute Gasteiger partial charge is 0.480 e. The summed E-state index contributed by atoms with van der Waals surface area (Å²) in [6.07, 6.45) is 5.64. The van der Waals surface area contributed by atoms with Crippen molar-refractivity contribution in [1.29, 1.82) is 0 Å². The molecule has 0 amide bonds. The zero-order chi connectivity index (χ0) is 11.3. The molecule has 15 heavy (non-hydrogen) atoms. The molecule has 0 saturated heterocycles. The number of carboxylic acid groups (broad SMARTS) is 1. The zero-order valence-corrected chi connectivity index (χ0v) is 9.48. The summed E-state index contributed by atoms with van der Waals surface area (Å²) in [4.78, 5) is 13.0. The maximum absolute atomic E-state index is 11.0. The molecule has 0 aromatic rings. The first-order valence-electron chi connectivity index (χ1n) is 5.78. The summed E-state index contributed by atoms with van der Waals surface area (Å²) in [7, 11) is 1.90. The first-order valence-corrected chi connectivity index (χ1v) is 5.78. The number of nitrogens with zero attached hydrogens (tertiary/aromatic N) is 1. The van der Waals surface area contributed by atoms with Gasteiger partial charge in [-0.3, -0.25) is 9.69 Å². The van der Waals surface area contributed by atoms with E-state index in [-0.39, 0.29) is 0 Å². The third kappa shape index (κ3) is 3.80. The number of aliphatic carboxylic acids is 1. The van der Waals surface area contributed by atoms with Crippen LogP contribution in [0, 0.1) is 5.92 Å². The van der Waals surface area contributed by atoms with Crippen molar-refractivity contribution >= 4 is 5.97 Å². The Morgan fingerprint density at radius 3 is 2.60 bits per heavy atom. The molecule has 0 heterocycles. The van der Waals surface area contributed by atoms with Gasteiger partial charge in [-0.2, -0.15) is 0 Å². The highest BCUT2D eigenvalue weighted by atomic mass is 16.4. The van der Waals surface area contributed by atoms with E-state index in [1.807, 2.05) is 11.9 Å². The molecule has 4 heteroatoms. The minimum Gasteiger partial charge on any atom is -0.480 e. The molecule has 1 aliphatic carbocycles. The van der Waals surface area contributed by atoms with Gasteiger partial charge >= 0.3 is 5.97 Å². The fourth-order valence-electron chi connectivity index (χ4n) is 2.42. The Labute approximate surface area is 91.4 Å². The van der Waals surface area contributed by atoms with Gasteiger partial charge in [-0.1, -0.05) is 12.8 Å². The highest BCUT2D eigenvalue weighted by Crippen LogP contribution is 2.25. The van der Waals surface area contributed by atoms with Crippen molar-refractivity contribution in [2.75, 3.05) is 20.1 Å². The summed E-state index contributed by atoms with van der Waals surface area (Å²) >= 11 is 0. The summed E-state index contributed by atoms with van der Waals surface area (Å²) in [5.41, 5.74) is 5.42. The van der Waals surface area contributed by atoms with Gasteiger partial charge in [0.15, 0.2) is 0 Å². The fraction of sp³-hybridized carbons (Fsp3) is 0.909. The van der Waals surface area contributed by atoms with Crippen LogP contribution in [0.1, 0.15) is 32.1 Å². The molecule has 0 aromatic heterocycles. The van der Waals surface area contributed by atoms with E-state index in [4.69, 9.17) is 10.8 Å². The van der Waals surface area contributed by atoms with Gasteiger partial charge in [-0.05, 0) is 38.8 Å². The van der Waals surface area contributed by atoms with Crippen molar-refractivity contribution in [2.45, 2.75) is 38.1 Å². The maximum atomic E-state index is 11.0. The lowest BCUT2D eigenvalue weighted by molar-refractivity contribution is -0.143. The molecule has 1 saturated carbocycles. The van der Waals surface area contributed by atoms with Crippen LogP contribution in [-0.2, 0) is 4.79 Å². The average Bonchev–Trinajstić information content (AvgIpc) is 2.65. The Bertz CT molecular complexity index is 203. The van der Waals surface area contributed by atoms with E-state index in [2.05, 4.69) is 0 Å². The molecule has 0 bridgehead atoms. The van der Waals surface area contributed by atoms with Gasteiger partial charge in [0.2, 0.25) is 0 Å². The Hall–Kier alpha value is -0.610. The van der Waals surface area contributed by atoms with Crippen molar-refractivity contribution < 1.29 is 9.90 Å². The Kier molecular flexibility index (Phi) is 5.05. The van der Waals surface area contributed by atoms with Crippen LogP contribution in [0.15, 0.2) is 0 Å². The fourth-order valence-corrected chi connectivity index (χ4v) is 2.42. The summed E-state index contributed by atoms with van der Waals surface area (Å²) in [6, 6.07) is -0.407. The molecule has 1 unspecified atom stereocenters. The molecule has 1 rings (SSSR count). The van der Waals surface area contributed by atoms with Gasteiger partial charge in [0, 0.05) is 6.54 Å². The standard InChI is InChI=1S/C11H22N2O2/c1-13(8-9-4-2-3-5-9)10(6-7-12)11(14)15/h9-10H,2-8,12H2,1H3,(H,14,15). The van der Waals surface area contributed by atoms with Gasteiger partial charge in [0.25, 0.3) is 0 Å². The molecular formula is C11H22N2O2. The predicted octanol–water partition coefficient (Wildman–Crippen LogP) is 0.910. The van der Waals surface area contributed by atoms with Crippen LogP contribution in [0.3, 0.4) is 0 Å². The first kappa shape index (κ1) is 12.5. The van der Waals surface area contributed by atoms with E-state index >= 15 is 0 Å².